The molecule has 0 spiro atoms. The fourth-order valence-corrected chi connectivity index (χ4v) is 2.47. The molecule has 2 rings (SSSR count). The summed E-state index contributed by atoms with van der Waals surface area (Å²) in [5.74, 6) is 0.708. The highest BCUT2D eigenvalue weighted by Gasteiger charge is 2.22. The van der Waals surface area contributed by atoms with Gasteiger partial charge in [0.05, 0.1) is 7.11 Å². The Morgan fingerprint density at radius 3 is 2.88 bits per heavy atom. The first-order valence-corrected chi connectivity index (χ1v) is 5.93. The number of likely N-dealkylation sites (tertiary alicyclic amines) is 1. The van der Waals surface area contributed by atoms with Gasteiger partial charge < -0.3 is 4.74 Å². The first kappa shape index (κ1) is 11.4. The Labute approximate surface area is 97.4 Å². The average Bonchev–Trinajstić information content (AvgIpc) is 2.30. The standard InChI is InChI=1S/C13H20N2O/c1-10-8-13(16-3)14-9-11(10)12-6-4-5-7-15(12)2/h8-9,12H,4-7H2,1-3H3/t12-/m1/s1. The Morgan fingerprint density at radius 1 is 1.44 bits per heavy atom. The number of pyridine rings is 1. The van der Waals surface area contributed by atoms with Crippen molar-refractivity contribution in [3.63, 3.8) is 0 Å². The highest BCUT2D eigenvalue weighted by atomic mass is 16.5. The highest BCUT2D eigenvalue weighted by Crippen LogP contribution is 2.31. The van der Waals surface area contributed by atoms with Gasteiger partial charge in [0.25, 0.3) is 0 Å². The normalized spacial score (nSPS) is 22.1. The van der Waals surface area contributed by atoms with Crippen molar-refractivity contribution in [2.45, 2.75) is 32.2 Å². The van der Waals surface area contributed by atoms with Crippen LogP contribution in [0.2, 0.25) is 0 Å². The maximum Gasteiger partial charge on any atom is 0.213 e. The Hall–Kier alpha value is -1.09. The molecule has 1 aromatic rings. The minimum absolute atomic E-state index is 0.534. The number of piperidine rings is 1. The molecule has 16 heavy (non-hydrogen) atoms. The maximum atomic E-state index is 5.14. The molecular formula is C13H20N2O. The number of ether oxygens (including phenoxy) is 1. The minimum Gasteiger partial charge on any atom is -0.481 e. The van der Waals surface area contributed by atoms with Crippen LogP contribution in [-0.4, -0.2) is 30.6 Å². The van der Waals surface area contributed by atoms with E-state index < -0.39 is 0 Å². The third kappa shape index (κ3) is 2.19. The molecule has 1 aliphatic rings. The largest absolute Gasteiger partial charge is 0.481 e. The summed E-state index contributed by atoms with van der Waals surface area (Å²) in [6, 6.07) is 2.56. The molecule has 0 amide bonds. The van der Waals surface area contributed by atoms with Crippen LogP contribution in [0.5, 0.6) is 5.88 Å². The molecule has 88 valence electrons. The van der Waals surface area contributed by atoms with E-state index in [1.165, 1.54) is 36.9 Å². The first-order valence-electron chi connectivity index (χ1n) is 5.93. The van der Waals surface area contributed by atoms with Gasteiger partial charge in [0.15, 0.2) is 0 Å². The van der Waals surface area contributed by atoms with Gasteiger partial charge in [0.1, 0.15) is 0 Å². The summed E-state index contributed by atoms with van der Waals surface area (Å²) in [4.78, 5) is 6.75. The van der Waals surface area contributed by atoms with E-state index in [4.69, 9.17) is 4.74 Å². The van der Waals surface area contributed by atoms with Crippen molar-refractivity contribution in [1.29, 1.82) is 0 Å². The van der Waals surface area contributed by atoms with Crippen molar-refractivity contribution >= 4 is 0 Å². The van der Waals surface area contributed by atoms with Crippen LogP contribution in [0.1, 0.15) is 36.4 Å². The molecule has 3 nitrogen and oxygen atoms in total. The number of aromatic nitrogens is 1. The van der Waals surface area contributed by atoms with Gasteiger partial charge >= 0.3 is 0 Å². The molecule has 0 unspecified atom stereocenters. The van der Waals surface area contributed by atoms with E-state index >= 15 is 0 Å². The second-order valence-corrected chi connectivity index (χ2v) is 4.58. The maximum absolute atomic E-state index is 5.14. The van der Waals surface area contributed by atoms with Crippen molar-refractivity contribution in [3.8, 4) is 5.88 Å². The van der Waals surface area contributed by atoms with Crippen molar-refractivity contribution in [2.24, 2.45) is 0 Å². The van der Waals surface area contributed by atoms with Crippen molar-refractivity contribution in [1.82, 2.24) is 9.88 Å². The van der Waals surface area contributed by atoms with E-state index in [0.717, 1.165) is 0 Å². The van der Waals surface area contributed by atoms with Gasteiger partial charge in [-0.3, -0.25) is 4.90 Å². The smallest absolute Gasteiger partial charge is 0.213 e. The van der Waals surface area contributed by atoms with Gasteiger partial charge in [0.2, 0.25) is 5.88 Å². The van der Waals surface area contributed by atoms with Gasteiger partial charge in [0, 0.05) is 18.3 Å². The lowest BCUT2D eigenvalue weighted by Crippen LogP contribution is -2.30. The Kier molecular flexibility index (Phi) is 3.44. The predicted molar refractivity (Wildman–Crippen MR) is 64.7 cm³/mol. The van der Waals surface area contributed by atoms with Crippen LogP contribution >= 0.6 is 0 Å². The highest BCUT2D eigenvalue weighted by molar-refractivity contribution is 5.30. The summed E-state index contributed by atoms with van der Waals surface area (Å²) < 4.78 is 5.14. The summed E-state index contributed by atoms with van der Waals surface area (Å²) in [5, 5.41) is 0. The zero-order chi connectivity index (χ0) is 11.5. The van der Waals surface area contributed by atoms with Crippen LogP contribution < -0.4 is 4.74 Å². The molecule has 1 fully saturated rings. The molecular weight excluding hydrogens is 200 g/mol. The van der Waals surface area contributed by atoms with Gasteiger partial charge in [-0.1, -0.05) is 6.42 Å². The van der Waals surface area contributed by atoms with Crippen molar-refractivity contribution in [3.05, 3.63) is 23.4 Å². The number of rotatable bonds is 2. The number of methoxy groups -OCH3 is 1. The van der Waals surface area contributed by atoms with Crippen LogP contribution in [0.15, 0.2) is 12.3 Å². The van der Waals surface area contributed by atoms with Crippen LogP contribution in [0, 0.1) is 6.92 Å². The third-order valence-electron chi connectivity index (χ3n) is 3.46. The van der Waals surface area contributed by atoms with E-state index in [1.807, 2.05) is 12.3 Å². The third-order valence-corrected chi connectivity index (χ3v) is 3.46. The van der Waals surface area contributed by atoms with Crippen LogP contribution in [0.4, 0.5) is 0 Å². The molecule has 0 radical (unpaired) electrons. The fraction of sp³-hybridized carbons (Fsp3) is 0.615. The van der Waals surface area contributed by atoms with E-state index in [-0.39, 0.29) is 0 Å². The van der Waals surface area contributed by atoms with E-state index in [9.17, 15) is 0 Å². The predicted octanol–water partition coefficient (Wildman–Crippen LogP) is 2.56. The van der Waals surface area contributed by atoms with Gasteiger partial charge in [-0.05, 0) is 44.5 Å². The summed E-state index contributed by atoms with van der Waals surface area (Å²) in [7, 11) is 3.86. The molecule has 2 heterocycles. The monoisotopic (exact) mass is 220 g/mol. The number of hydrogen-bond acceptors (Lipinski definition) is 3. The number of nitrogens with zero attached hydrogens (tertiary/aromatic N) is 2. The zero-order valence-corrected chi connectivity index (χ0v) is 10.4. The molecule has 1 saturated heterocycles. The minimum atomic E-state index is 0.534. The summed E-state index contributed by atoms with van der Waals surface area (Å²) in [5.41, 5.74) is 2.63. The van der Waals surface area contributed by atoms with Crippen LogP contribution in [0.3, 0.4) is 0 Å². The lowest BCUT2D eigenvalue weighted by atomic mass is 9.94. The molecule has 1 aliphatic heterocycles. The molecule has 3 heteroatoms. The quantitative estimate of drug-likeness (QED) is 0.766. The molecule has 0 N–H and O–H groups in total. The van der Waals surface area contributed by atoms with E-state index in [0.29, 0.717) is 11.9 Å². The molecule has 0 aliphatic carbocycles. The van der Waals surface area contributed by atoms with Crippen LogP contribution in [0.25, 0.3) is 0 Å². The zero-order valence-electron chi connectivity index (χ0n) is 10.4. The number of hydrogen-bond donors (Lipinski definition) is 0. The average molecular weight is 220 g/mol. The number of aryl methyl sites for hydroxylation is 1. The Balaban J connectivity index is 2.25. The second-order valence-electron chi connectivity index (χ2n) is 4.58. The van der Waals surface area contributed by atoms with E-state index in [2.05, 4.69) is 23.9 Å². The summed E-state index contributed by atoms with van der Waals surface area (Å²) in [6.45, 7) is 3.33. The van der Waals surface area contributed by atoms with Gasteiger partial charge in [-0.2, -0.15) is 0 Å². The first-order chi connectivity index (χ1) is 7.72. The molecule has 1 atom stereocenters. The molecule has 0 bridgehead atoms. The SMILES string of the molecule is COc1cc(C)c([C@H]2CCCCN2C)cn1. The van der Waals surface area contributed by atoms with Gasteiger partial charge in [-0.25, -0.2) is 4.98 Å². The Bertz CT molecular complexity index is 365. The fourth-order valence-electron chi connectivity index (χ4n) is 2.47. The lowest BCUT2D eigenvalue weighted by Gasteiger charge is -2.33. The lowest BCUT2D eigenvalue weighted by molar-refractivity contribution is 0.186. The van der Waals surface area contributed by atoms with Gasteiger partial charge in [-0.15, -0.1) is 0 Å². The molecule has 1 aromatic heterocycles. The van der Waals surface area contributed by atoms with Crippen LogP contribution in [-0.2, 0) is 0 Å². The van der Waals surface area contributed by atoms with E-state index in [1.54, 1.807) is 7.11 Å². The summed E-state index contributed by atoms with van der Waals surface area (Å²) in [6.07, 6.45) is 5.85. The summed E-state index contributed by atoms with van der Waals surface area (Å²) >= 11 is 0. The molecule has 0 saturated carbocycles. The van der Waals surface area contributed by atoms with Crippen molar-refractivity contribution < 1.29 is 4.74 Å². The Morgan fingerprint density at radius 2 is 2.25 bits per heavy atom. The molecule has 0 aromatic carbocycles. The van der Waals surface area contributed by atoms with Crippen molar-refractivity contribution in [2.75, 3.05) is 20.7 Å². The topological polar surface area (TPSA) is 25.4 Å². The second kappa shape index (κ2) is 4.83.